The molecule has 0 amide bonds. The van der Waals surface area contributed by atoms with Crippen molar-refractivity contribution in [1.29, 1.82) is 0 Å². The van der Waals surface area contributed by atoms with Gasteiger partial charge in [-0.25, -0.2) is 13.1 Å². The number of rotatable bonds is 6. The molecule has 1 aromatic rings. The molecule has 0 aliphatic heterocycles. The Morgan fingerprint density at radius 3 is 2.74 bits per heavy atom. The second-order valence-electron chi connectivity index (χ2n) is 5.45. The summed E-state index contributed by atoms with van der Waals surface area (Å²) >= 11 is 4.87. The van der Waals surface area contributed by atoms with Crippen molar-refractivity contribution in [2.24, 2.45) is 5.92 Å². The number of nitrogens with one attached hydrogen (secondary N) is 2. The van der Waals surface area contributed by atoms with Crippen molar-refractivity contribution in [2.75, 3.05) is 0 Å². The zero-order chi connectivity index (χ0) is 13.6. The molecule has 2 aliphatic rings. The van der Waals surface area contributed by atoms with Gasteiger partial charge in [-0.3, -0.25) is 0 Å². The van der Waals surface area contributed by atoms with Crippen LogP contribution in [0.15, 0.2) is 14.7 Å². The summed E-state index contributed by atoms with van der Waals surface area (Å²) in [5.41, 5.74) is 0. The standard InChI is InChI=1S/C12H17BrN2O2S2/c1-7-4-10(7)15-19(16,17)11-5-9(18-12(11)13)6-14-8-2-3-8/h5,7-8,10,14-15H,2-4,6H2,1H3. The highest BCUT2D eigenvalue weighted by Crippen LogP contribution is 2.35. The van der Waals surface area contributed by atoms with Crippen molar-refractivity contribution in [3.63, 3.8) is 0 Å². The molecule has 2 unspecified atom stereocenters. The zero-order valence-corrected chi connectivity index (χ0v) is 13.9. The molecule has 0 spiro atoms. The van der Waals surface area contributed by atoms with Crippen LogP contribution in [0.25, 0.3) is 0 Å². The minimum atomic E-state index is -3.38. The van der Waals surface area contributed by atoms with Gasteiger partial charge in [0.25, 0.3) is 0 Å². The maximum atomic E-state index is 12.3. The topological polar surface area (TPSA) is 58.2 Å². The maximum absolute atomic E-state index is 12.3. The minimum absolute atomic E-state index is 0.116. The molecule has 2 saturated carbocycles. The van der Waals surface area contributed by atoms with Gasteiger partial charge < -0.3 is 5.32 Å². The molecule has 1 heterocycles. The van der Waals surface area contributed by atoms with Crippen LogP contribution in [-0.4, -0.2) is 20.5 Å². The van der Waals surface area contributed by atoms with Crippen molar-refractivity contribution in [3.8, 4) is 0 Å². The van der Waals surface area contributed by atoms with Crippen LogP contribution in [0.4, 0.5) is 0 Å². The molecule has 2 fully saturated rings. The van der Waals surface area contributed by atoms with Crippen molar-refractivity contribution < 1.29 is 8.42 Å². The van der Waals surface area contributed by atoms with E-state index < -0.39 is 10.0 Å². The van der Waals surface area contributed by atoms with Gasteiger partial charge in [-0.05, 0) is 47.2 Å². The van der Waals surface area contributed by atoms with E-state index in [9.17, 15) is 8.42 Å². The van der Waals surface area contributed by atoms with Crippen LogP contribution in [0.3, 0.4) is 0 Å². The van der Waals surface area contributed by atoms with Gasteiger partial charge in [0.15, 0.2) is 0 Å². The van der Waals surface area contributed by atoms with E-state index in [1.165, 1.54) is 24.2 Å². The van der Waals surface area contributed by atoms with E-state index >= 15 is 0 Å². The molecule has 0 bridgehead atoms. The first-order valence-electron chi connectivity index (χ1n) is 6.49. The lowest BCUT2D eigenvalue weighted by Crippen LogP contribution is -2.26. The van der Waals surface area contributed by atoms with Gasteiger partial charge in [-0.15, -0.1) is 11.3 Å². The third kappa shape index (κ3) is 3.39. The first-order valence-corrected chi connectivity index (χ1v) is 9.59. The summed E-state index contributed by atoms with van der Waals surface area (Å²) in [6, 6.07) is 2.52. The zero-order valence-electron chi connectivity index (χ0n) is 10.6. The molecule has 0 saturated heterocycles. The fourth-order valence-electron chi connectivity index (χ4n) is 1.95. The van der Waals surface area contributed by atoms with Gasteiger partial charge in [-0.1, -0.05) is 6.92 Å². The number of sulfonamides is 1. The summed E-state index contributed by atoms with van der Waals surface area (Å²) < 4.78 is 28.0. The maximum Gasteiger partial charge on any atom is 0.242 e. The number of halogens is 1. The van der Waals surface area contributed by atoms with Crippen LogP contribution in [-0.2, 0) is 16.6 Å². The largest absolute Gasteiger partial charge is 0.309 e. The second-order valence-corrected chi connectivity index (χ2v) is 9.58. The predicted octanol–water partition coefficient (Wildman–Crippen LogP) is 2.45. The Morgan fingerprint density at radius 2 is 2.16 bits per heavy atom. The van der Waals surface area contributed by atoms with Gasteiger partial charge in [-0.2, -0.15) is 0 Å². The van der Waals surface area contributed by atoms with Crippen molar-refractivity contribution in [3.05, 3.63) is 14.7 Å². The smallest absolute Gasteiger partial charge is 0.242 e. The summed E-state index contributed by atoms with van der Waals surface area (Å²) in [5, 5.41) is 3.40. The first-order chi connectivity index (χ1) is 8.95. The molecule has 2 aliphatic carbocycles. The van der Waals surface area contributed by atoms with E-state index in [4.69, 9.17) is 0 Å². The molecule has 4 nitrogen and oxygen atoms in total. The third-order valence-electron chi connectivity index (χ3n) is 3.55. The Bertz CT molecular complexity index is 581. The Hall–Kier alpha value is 0.0500. The fraction of sp³-hybridized carbons (Fsp3) is 0.667. The quantitative estimate of drug-likeness (QED) is 0.814. The molecule has 0 aromatic carbocycles. The van der Waals surface area contributed by atoms with Crippen LogP contribution < -0.4 is 10.0 Å². The van der Waals surface area contributed by atoms with Crippen LogP contribution >= 0.6 is 27.3 Å². The average Bonchev–Trinajstić information content (AvgIpc) is 3.22. The number of hydrogen-bond donors (Lipinski definition) is 2. The highest BCUT2D eigenvalue weighted by Gasteiger charge is 2.37. The van der Waals surface area contributed by atoms with Crippen molar-refractivity contribution in [2.45, 2.75) is 49.7 Å². The van der Waals surface area contributed by atoms with Crippen LogP contribution in [0.2, 0.25) is 0 Å². The third-order valence-corrected chi connectivity index (χ3v) is 7.30. The van der Waals surface area contributed by atoms with Gasteiger partial charge in [0.2, 0.25) is 10.0 Å². The van der Waals surface area contributed by atoms with Gasteiger partial charge in [0.05, 0.1) is 3.79 Å². The minimum Gasteiger partial charge on any atom is -0.309 e. The molecule has 1 aromatic heterocycles. The first kappa shape index (κ1) is 14.0. The molecular formula is C12H17BrN2O2S2. The van der Waals surface area contributed by atoms with Crippen molar-refractivity contribution in [1.82, 2.24) is 10.0 Å². The summed E-state index contributed by atoms with van der Waals surface area (Å²) in [5.74, 6) is 0.461. The summed E-state index contributed by atoms with van der Waals surface area (Å²) in [6.07, 6.45) is 3.41. The molecule has 2 N–H and O–H groups in total. The van der Waals surface area contributed by atoms with E-state index in [0.717, 1.165) is 17.8 Å². The molecule has 7 heteroatoms. The van der Waals surface area contributed by atoms with Crippen LogP contribution in [0.1, 0.15) is 31.1 Å². The van der Waals surface area contributed by atoms with E-state index in [1.807, 2.05) is 0 Å². The molecule has 0 radical (unpaired) electrons. The fourth-order valence-corrected chi connectivity index (χ4v) is 5.94. The molecule has 106 valence electrons. The van der Waals surface area contributed by atoms with Crippen LogP contribution in [0.5, 0.6) is 0 Å². The Morgan fingerprint density at radius 1 is 1.47 bits per heavy atom. The summed E-state index contributed by atoms with van der Waals surface area (Å²) in [6.45, 7) is 2.81. The van der Waals surface area contributed by atoms with Gasteiger partial charge >= 0.3 is 0 Å². The molecule has 3 rings (SSSR count). The molecule has 19 heavy (non-hydrogen) atoms. The van der Waals surface area contributed by atoms with Crippen molar-refractivity contribution >= 4 is 37.3 Å². The van der Waals surface area contributed by atoms with Gasteiger partial charge in [0, 0.05) is 23.5 Å². The second kappa shape index (κ2) is 5.11. The van der Waals surface area contributed by atoms with E-state index in [2.05, 4.69) is 32.9 Å². The Labute approximate surface area is 126 Å². The van der Waals surface area contributed by atoms with E-state index in [1.54, 1.807) is 6.07 Å². The van der Waals surface area contributed by atoms with Gasteiger partial charge in [0.1, 0.15) is 4.90 Å². The molecule has 2 atom stereocenters. The van der Waals surface area contributed by atoms with E-state index in [0.29, 0.717) is 20.6 Å². The predicted molar refractivity (Wildman–Crippen MR) is 79.8 cm³/mol. The Balaban J connectivity index is 1.71. The Kier molecular flexibility index (Phi) is 3.77. The molecular weight excluding hydrogens is 348 g/mol. The lowest BCUT2D eigenvalue weighted by molar-refractivity contribution is 0.578. The highest BCUT2D eigenvalue weighted by molar-refractivity contribution is 9.11. The lowest BCUT2D eigenvalue weighted by Gasteiger charge is -2.04. The highest BCUT2D eigenvalue weighted by atomic mass is 79.9. The lowest BCUT2D eigenvalue weighted by atomic mass is 10.4. The number of thiophene rings is 1. The monoisotopic (exact) mass is 364 g/mol. The normalized spacial score (nSPS) is 26.6. The summed E-state index contributed by atoms with van der Waals surface area (Å²) in [7, 11) is -3.38. The average molecular weight is 365 g/mol. The SMILES string of the molecule is CC1CC1NS(=O)(=O)c1cc(CNC2CC2)sc1Br. The number of hydrogen-bond acceptors (Lipinski definition) is 4. The summed E-state index contributed by atoms with van der Waals surface area (Å²) in [4.78, 5) is 1.44. The van der Waals surface area contributed by atoms with Crippen LogP contribution in [0, 0.1) is 5.92 Å². The van der Waals surface area contributed by atoms with E-state index in [-0.39, 0.29) is 6.04 Å².